The van der Waals surface area contributed by atoms with Gasteiger partial charge in [-0.1, -0.05) is 6.92 Å². The Bertz CT molecular complexity index is 346. The van der Waals surface area contributed by atoms with E-state index in [4.69, 9.17) is 4.98 Å². The molecule has 1 aliphatic rings. The van der Waals surface area contributed by atoms with Crippen molar-refractivity contribution >= 4 is 16.5 Å². The van der Waals surface area contributed by atoms with Crippen LogP contribution in [0.2, 0.25) is 0 Å². The molecule has 1 aliphatic carbocycles. The van der Waals surface area contributed by atoms with Crippen LogP contribution in [0.5, 0.6) is 0 Å². The van der Waals surface area contributed by atoms with E-state index in [0.29, 0.717) is 6.04 Å². The summed E-state index contributed by atoms with van der Waals surface area (Å²) in [5.41, 5.74) is 1.33. The molecule has 1 N–H and O–H groups in total. The predicted octanol–water partition coefficient (Wildman–Crippen LogP) is 2.59. The first kappa shape index (κ1) is 11.9. The number of hydrogen-bond donors (Lipinski definition) is 1. The molecule has 0 aromatic carbocycles. The third-order valence-electron chi connectivity index (χ3n) is 2.96. The second-order valence-corrected chi connectivity index (χ2v) is 5.61. The van der Waals surface area contributed by atoms with Crippen molar-refractivity contribution in [2.45, 2.75) is 38.6 Å². The molecule has 1 heterocycles. The third kappa shape index (κ3) is 2.38. The molecule has 4 heteroatoms. The summed E-state index contributed by atoms with van der Waals surface area (Å²) in [5, 5.41) is 4.78. The highest BCUT2D eigenvalue weighted by Crippen LogP contribution is 2.36. The normalized spacial score (nSPS) is 19.6. The summed E-state index contributed by atoms with van der Waals surface area (Å²) in [6.07, 6.45) is 4.89. The van der Waals surface area contributed by atoms with E-state index in [-0.39, 0.29) is 0 Å². The molecule has 0 fully saturated rings. The van der Waals surface area contributed by atoms with E-state index < -0.39 is 0 Å². The van der Waals surface area contributed by atoms with Crippen LogP contribution in [0.15, 0.2) is 0 Å². The zero-order chi connectivity index (χ0) is 11.5. The Morgan fingerprint density at radius 1 is 1.50 bits per heavy atom. The number of hydrogen-bond acceptors (Lipinski definition) is 4. The third-order valence-corrected chi connectivity index (χ3v) is 4.34. The molecule has 0 radical (unpaired) electrons. The van der Waals surface area contributed by atoms with Gasteiger partial charge in [-0.25, -0.2) is 4.98 Å². The summed E-state index contributed by atoms with van der Waals surface area (Å²) in [5.74, 6) is 0. The van der Waals surface area contributed by atoms with E-state index in [1.165, 1.54) is 29.8 Å². The number of aryl methyl sites for hydroxylation is 1. The van der Waals surface area contributed by atoms with Crippen LogP contribution >= 0.6 is 11.3 Å². The minimum absolute atomic E-state index is 0.551. The zero-order valence-corrected chi connectivity index (χ0v) is 11.2. The second-order valence-electron chi connectivity index (χ2n) is 4.60. The Labute approximate surface area is 102 Å². The van der Waals surface area contributed by atoms with Crippen LogP contribution in [0.1, 0.15) is 42.8 Å². The van der Waals surface area contributed by atoms with Crippen molar-refractivity contribution in [2.24, 2.45) is 0 Å². The fourth-order valence-corrected chi connectivity index (χ4v) is 3.26. The van der Waals surface area contributed by atoms with Crippen molar-refractivity contribution < 1.29 is 0 Å². The van der Waals surface area contributed by atoms with Gasteiger partial charge < -0.3 is 10.2 Å². The maximum atomic E-state index is 4.71. The van der Waals surface area contributed by atoms with Crippen molar-refractivity contribution in [1.82, 2.24) is 10.3 Å². The van der Waals surface area contributed by atoms with E-state index in [9.17, 15) is 0 Å². The van der Waals surface area contributed by atoms with Gasteiger partial charge in [-0.2, -0.15) is 0 Å². The average molecular weight is 239 g/mol. The van der Waals surface area contributed by atoms with E-state index in [2.05, 4.69) is 31.2 Å². The van der Waals surface area contributed by atoms with Crippen LogP contribution in [-0.2, 0) is 6.42 Å². The number of rotatable bonds is 4. The second kappa shape index (κ2) is 5.15. The Morgan fingerprint density at radius 2 is 2.31 bits per heavy atom. The van der Waals surface area contributed by atoms with E-state index in [1.54, 1.807) is 0 Å². The highest BCUT2D eigenvalue weighted by Gasteiger charge is 2.24. The summed E-state index contributed by atoms with van der Waals surface area (Å²) < 4.78 is 0. The van der Waals surface area contributed by atoms with Gasteiger partial charge in [0.05, 0.1) is 5.69 Å². The van der Waals surface area contributed by atoms with Crippen LogP contribution in [-0.4, -0.2) is 25.6 Å². The molecular weight excluding hydrogens is 218 g/mol. The molecule has 1 aromatic rings. The summed E-state index contributed by atoms with van der Waals surface area (Å²) >= 11 is 1.85. The smallest absolute Gasteiger partial charge is 0.185 e. The summed E-state index contributed by atoms with van der Waals surface area (Å²) in [4.78, 5) is 8.30. The molecule has 1 aromatic heterocycles. The van der Waals surface area contributed by atoms with Crippen LogP contribution in [0.4, 0.5) is 5.13 Å². The number of nitrogens with zero attached hydrogens (tertiary/aromatic N) is 2. The predicted molar refractivity (Wildman–Crippen MR) is 70.4 cm³/mol. The van der Waals surface area contributed by atoms with Crippen molar-refractivity contribution in [3.8, 4) is 0 Å². The monoisotopic (exact) mass is 239 g/mol. The van der Waals surface area contributed by atoms with Crippen molar-refractivity contribution in [3.05, 3.63) is 10.6 Å². The van der Waals surface area contributed by atoms with Gasteiger partial charge in [-0.3, -0.25) is 0 Å². The number of thiazole rings is 1. The van der Waals surface area contributed by atoms with Gasteiger partial charge in [-0.05, 0) is 32.2 Å². The Kier molecular flexibility index (Phi) is 3.82. The van der Waals surface area contributed by atoms with Gasteiger partial charge in [0.15, 0.2) is 5.13 Å². The maximum absolute atomic E-state index is 4.71. The average Bonchev–Trinajstić information content (AvgIpc) is 2.70. The van der Waals surface area contributed by atoms with Crippen LogP contribution in [0.3, 0.4) is 0 Å². The lowest BCUT2D eigenvalue weighted by Crippen LogP contribution is -2.24. The van der Waals surface area contributed by atoms with Crippen LogP contribution < -0.4 is 10.2 Å². The molecule has 0 saturated heterocycles. The fourth-order valence-electron chi connectivity index (χ4n) is 2.11. The molecular formula is C12H21N3S. The molecule has 0 aliphatic heterocycles. The van der Waals surface area contributed by atoms with Crippen molar-refractivity contribution in [3.63, 3.8) is 0 Å². The topological polar surface area (TPSA) is 28.2 Å². The van der Waals surface area contributed by atoms with Gasteiger partial charge in [0, 0.05) is 25.0 Å². The van der Waals surface area contributed by atoms with Gasteiger partial charge in [0.2, 0.25) is 0 Å². The first-order valence-electron chi connectivity index (χ1n) is 6.12. The molecule has 0 saturated carbocycles. The Balaban J connectivity index is 2.17. The number of anilines is 1. The molecule has 2 rings (SSSR count). The molecule has 90 valence electrons. The SMILES string of the molecule is CCCNC1CCCc2nc(N(C)C)sc21. The largest absolute Gasteiger partial charge is 0.354 e. The van der Waals surface area contributed by atoms with Crippen LogP contribution in [0.25, 0.3) is 0 Å². The Morgan fingerprint density at radius 3 is 3.00 bits per heavy atom. The summed E-state index contributed by atoms with van der Waals surface area (Å²) in [7, 11) is 4.14. The molecule has 1 atom stereocenters. The van der Waals surface area contributed by atoms with Gasteiger partial charge in [-0.15, -0.1) is 11.3 Å². The zero-order valence-electron chi connectivity index (χ0n) is 10.4. The first-order chi connectivity index (χ1) is 7.72. The molecule has 0 bridgehead atoms. The molecule has 1 unspecified atom stereocenters. The van der Waals surface area contributed by atoms with Gasteiger partial charge in [0.1, 0.15) is 0 Å². The molecule has 16 heavy (non-hydrogen) atoms. The van der Waals surface area contributed by atoms with E-state index in [1.807, 2.05) is 11.3 Å². The van der Waals surface area contributed by atoms with Crippen molar-refractivity contribution in [1.29, 1.82) is 0 Å². The lowest BCUT2D eigenvalue weighted by Gasteiger charge is -2.22. The minimum atomic E-state index is 0.551. The minimum Gasteiger partial charge on any atom is -0.354 e. The number of fused-ring (bicyclic) bond motifs is 1. The number of nitrogens with one attached hydrogen (secondary N) is 1. The molecule has 0 spiro atoms. The van der Waals surface area contributed by atoms with E-state index in [0.717, 1.165) is 18.1 Å². The Hall–Kier alpha value is -0.610. The summed E-state index contributed by atoms with van der Waals surface area (Å²) in [6.45, 7) is 3.33. The standard InChI is InChI=1S/C12H21N3S/c1-4-8-13-9-6-5-7-10-11(9)16-12(14-10)15(2)3/h9,13H,4-8H2,1-3H3. The highest BCUT2D eigenvalue weighted by molar-refractivity contribution is 7.15. The lowest BCUT2D eigenvalue weighted by molar-refractivity contribution is 0.464. The summed E-state index contributed by atoms with van der Waals surface area (Å²) in [6, 6.07) is 0.551. The molecule has 3 nitrogen and oxygen atoms in total. The highest BCUT2D eigenvalue weighted by atomic mass is 32.1. The van der Waals surface area contributed by atoms with Crippen molar-refractivity contribution in [2.75, 3.05) is 25.5 Å². The van der Waals surface area contributed by atoms with Crippen LogP contribution in [0, 0.1) is 0 Å². The molecule has 0 amide bonds. The first-order valence-corrected chi connectivity index (χ1v) is 6.94. The maximum Gasteiger partial charge on any atom is 0.185 e. The fraction of sp³-hybridized carbons (Fsp3) is 0.750. The quantitative estimate of drug-likeness (QED) is 0.875. The van der Waals surface area contributed by atoms with Gasteiger partial charge in [0.25, 0.3) is 0 Å². The lowest BCUT2D eigenvalue weighted by atomic mass is 9.98. The van der Waals surface area contributed by atoms with Gasteiger partial charge >= 0.3 is 0 Å². The van der Waals surface area contributed by atoms with E-state index >= 15 is 0 Å². The number of aromatic nitrogens is 1.